The van der Waals surface area contributed by atoms with Crippen molar-refractivity contribution in [2.24, 2.45) is 0 Å². The summed E-state index contributed by atoms with van der Waals surface area (Å²) in [5.41, 5.74) is 1.34. The number of benzene rings is 2. The number of fused-ring (bicyclic) bond motifs is 1. The number of aliphatic carboxylic acids is 1. The van der Waals surface area contributed by atoms with Crippen molar-refractivity contribution < 1.29 is 19.5 Å². The van der Waals surface area contributed by atoms with Crippen molar-refractivity contribution in [3.05, 3.63) is 101 Å². The summed E-state index contributed by atoms with van der Waals surface area (Å²) in [7, 11) is 0. The molecule has 0 radical (unpaired) electrons. The molecule has 1 amide bonds. The molecule has 0 unspecified atom stereocenters. The van der Waals surface area contributed by atoms with Crippen LogP contribution in [0.4, 0.5) is 0 Å². The molecule has 1 aliphatic carbocycles. The Bertz CT molecular complexity index is 1470. The molecule has 5 rings (SSSR count). The van der Waals surface area contributed by atoms with Gasteiger partial charge in [-0.05, 0) is 77.7 Å². The standard InChI is InChI=1S/C29H26N2O4S/c32-26(22-10-11-25-21(19-22)12-17-36-25)24-9-5-16-31(24)15-4-7-20-6-3-8-23(18-20)27(33)30-29(28(34)35)13-1-2-14-29/h3-12,16-19H,1-2,13-15H2,(H,30,33)(H,34,35)/b7-4+. The van der Waals surface area contributed by atoms with Gasteiger partial charge < -0.3 is 15.0 Å². The molecule has 36 heavy (non-hydrogen) atoms. The van der Waals surface area contributed by atoms with E-state index in [-0.39, 0.29) is 11.7 Å². The molecule has 6 nitrogen and oxygen atoms in total. The number of allylic oxidation sites excluding steroid dienone is 1. The van der Waals surface area contributed by atoms with Gasteiger partial charge in [-0.1, -0.05) is 37.1 Å². The van der Waals surface area contributed by atoms with Gasteiger partial charge in [0.2, 0.25) is 5.78 Å². The molecular formula is C29H26N2O4S. The van der Waals surface area contributed by atoms with Crippen molar-refractivity contribution in [3.63, 3.8) is 0 Å². The van der Waals surface area contributed by atoms with Crippen LogP contribution in [0.2, 0.25) is 0 Å². The minimum atomic E-state index is -1.17. The quantitative estimate of drug-likeness (QED) is 0.302. The number of carboxylic acid groups (broad SMARTS) is 1. The van der Waals surface area contributed by atoms with Crippen molar-refractivity contribution in [1.82, 2.24) is 9.88 Å². The van der Waals surface area contributed by atoms with E-state index in [0.29, 0.717) is 36.2 Å². The fraction of sp³-hybridized carbons (Fsp3) is 0.207. The molecule has 0 atom stereocenters. The molecule has 1 aliphatic rings. The summed E-state index contributed by atoms with van der Waals surface area (Å²) in [6, 6.07) is 18.6. The Hall–Kier alpha value is -3.97. The number of hydrogen-bond acceptors (Lipinski definition) is 4. The SMILES string of the molecule is O=C(NC1(C(=O)O)CCCC1)c1cccc(/C=C/Cn2cccc2C(=O)c2ccc3sccc3c2)c1. The lowest BCUT2D eigenvalue weighted by molar-refractivity contribution is -0.144. The molecule has 0 bridgehead atoms. The van der Waals surface area contributed by atoms with Crippen molar-refractivity contribution in [2.75, 3.05) is 0 Å². The van der Waals surface area contributed by atoms with Crippen LogP contribution in [0.5, 0.6) is 0 Å². The zero-order valence-electron chi connectivity index (χ0n) is 19.6. The predicted octanol–water partition coefficient (Wildman–Crippen LogP) is 5.77. The normalized spacial score (nSPS) is 14.9. The van der Waals surface area contributed by atoms with Crippen LogP contribution in [0, 0.1) is 0 Å². The van der Waals surface area contributed by atoms with E-state index >= 15 is 0 Å². The monoisotopic (exact) mass is 498 g/mol. The average Bonchev–Trinajstić information content (AvgIpc) is 3.64. The molecule has 4 aromatic rings. The molecule has 0 aliphatic heterocycles. The summed E-state index contributed by atoms with van der Waals surface area (Å²) in [4.78, 5) is 37.7. The first-order valence-electron chi connectivity index (χ1n) is 11.9. The number of hydrogen-bond donors (Lipinski definition) is 2. The number of ketones is 1. The maximum absolute atomic E-state index is 13.1. The maximum Gasteiger partial charge on any atom is 0.329 e. The number of nitrogens with one attached hydrogen (secondary N) is 1. The van der Waals surface area contributed by atoms with Crippen LogP contribution in [-0.4, -0.2) is 32.9 Å². The van der Waals surface area contributed by atoms with Crippen molar-refractivity contribution in [3.8, 4) is 0 Å². The summed E-state index contributed by atoms with van der Waals surface area (Å²) >= 11 is 1.65. The third kappa shape index (κ3) is 4.75. The van der Waals surface area contributed by atoms with Gasteiger partial charge in [0, 0.05) is 28.6 Å². The van der Waals surface area contributed by atoms with E-state index in [2.05, 4.69) is 5.32 Å². The topological polar surface area (TPSA) is 88.4 Å². The summed E-state index contributed by atoms with van der Waals surface area (Å²) in [5.74, 6) is -1.38. The Morgan fingerprint density at radius 1 is 1.00 bits per heavy atom. The Morgan fingerprint density at radius 2 is 1.83 bits per heavy atom. The zero-order chi connectivity index (χ0) is 25.1. The third-order valence-corrected chi connectivity index (χ3v) is 7.66. The van der Waals surface area contributed by atoms with Crippen LogP contribution in [-0.2, 0) is 11.3 Å². The largest absolute Gasteiger partial charge is 0.480 e. The highest BCUT2D eigenvalue weighted by Crippen LogP contribution is 2.30. The van der Waals surface area contributed by atoms with E-state index < -0.39 is 11.5 Å². The first kappa shape index (κ1) is 23.8. The van der Waals surface area contributed by atoms with Crippen LogP contribution in [0.25, 0.3) is 16.2 Å². The number of nitrogens with zero attached hydrogens (tertiary/aromatic N) is 1. The number of amides is 1. The minimum absolute atomic E-state index is 0.0283. The minimum Gasteiger partial charge on any atom is -0.480 e. The van der Waals surface area contributed by atoms with E-state index in [1.54, 1.807) is 29.5 Å². The van der Waals surface area contributed by atoms with Gasteiger partial charge >= 0.3 is 5.97 Å². The predicted molar refractivity (Wildman–Crippen MR) is 141 cm³/mol. The number of carboxylic acids is 1. The number of thiophene rings is 1. The van der Waals surface area contributed by atoms with Gasteiger partial charge in [-0.15, -0.1) is 11.3 Å². The van der Waals surface area contributed by atoms with Crippen molar-refractivity contribution in [1.29, 1.82) is 0 Å². The van der Waals surface area contributed by atoms with Gasteiger partial charge in [-0.2, -0.15) is 0 Å². The molecule has 0 saturated heterocycles. The molecule has 2 N–H and O–H groups in total. The summed E-state index contributed by atoms with van der Waals surface area (Å²) in [6.07, 6.45) is 8.19. The lowest BCUT2D eigenvalue weighted by Crippen LogP contribution is -2.52. The molecule has 1 fully saturated rings. The van der Waals surface area contributed by atoms with Gasteiger partial charge in [-0.25, -0.2) is 4.79 Å². The summed E-state index contributed by atoms with van der Waals surface area (Å²) < 4.78 is 3.05. The van der Waals surface area contributed by atoms with Crippen LogP contribution in [0.1, 0.15) is 57.7 Å². The molecule has 182 valence electrons. The summed E-state index contributed by atoms with van der Waals surface area (Å²) in [6.45, 7) is 0.493. The molecular weight excluding hydrogens is 472 g/mol. The first-order valence-corrected chi connectivity index (χ1v) is 12.8. The highest BCUT2D eigenvalue weighted by Gasteiger charge is 2.42. The van der Waals surface area contributed by atoms with E-state index in [9.17, 15) is 19.5 Å². The van der Waals surface area contributed by atoms with E-state index in [4.69, 9.17) is 0 Å². The van der Waals surface area contributed by atoms with Crippen LogP contribution in [0.15, 0.2) is 78.3 Å². The lowest BCUT2D eigenvalue weighted by Gasteiger charge is -2.25. The Kier molecular flexibility index (Phi) is 6.57. The highest BCUT2D eigenvalue weighted by atomic mass is 32.1. The van der Waals surface area contributed by atoms with Crippen LogP contribution < -0.4 is 5.32 Å². The van der Waals surface area contributed by atoms with Gasteiger partial charge in [-0.3, -0.25) is 9.59 Å². The Balaban J connectivity index is 1.27. The second kappa shape index (κ2) is 9.95. The van der Waals surface area contributed by atoms with Gasteiger partial charge in [0.05, 0.1) is 5.69 Å². The number of rotatable bonds is 8. The van der Waals surface area contributed by atoms with Crippen LogP contribution >= 0.6 is 11.3 Å². The van der Waals surface area contributed by atoms with E-state index in [1.807, 2.05) is 70.8 Å². The molecule has 2 aromatic carbocycles. The molecule has 2 aromatic heterocycles. The van der Waals surface area contributed by atoms with E-state index in [1.165, 1.54) is 0 Å². The number of carbonyl (C=O) groups is 3. The number of aromatic nitrogens is 1. The summed E-state index contributed by atoms with van der Waals surface area (Å²) in [5, 5.41) is 15.5. The highest BCUT2D eigenvalue weighted by molar-refractivity contribution is 7.17. The Labute approximate surface area is 212 Å². The molecule has 0 spiro atoms. The second-order valence-electron chi connectivity index (χ2n) is 9.12. The van der Waals surface area contributed by atoms with E-state index in [0.717, 1.165) is 28.5 Å². The zero-order valence-corrected chi connectivity index (χ0v) is 20.5. The smallest absolute Gasteiger partial charge is 0.329 e. The second-order valence-corrected chi connectivity index (χ2v) is 10.1. The van der Waals surface area contributed by atoms with Gasteiger partial charge in [0.1, 0.15) is 5.54 Å². The fourth-order valence-corrected chi connectivity index (χ4v) is 5.55. The number of carbonyl (C=O) groups excluding carboxylic acids is 2. The van der Waals surface area contributed by atoms with Crippen LogP contribution in [0.3, 0.4) is 0 Å². The Morgan fingerprint density at radius 3 is 2.64 bits per heavy atom. The molecule has 2 heterocycles. The first-order chi connectivity index (χ1) is 17.4. The van der Waals surface area contributed by atoms with Gasteiger partial charge in [0.25, 0.3) is 5.91 Å². The van der Waals surface area contributed by atoms with Crippen molar-refractivity contribution in [2.45, 2.75) is 37.8 Å². The molecule has 7 heteroatoms. The average molecular weight is 499 g/mol. The third-order valence-electron chi connectivity index (χ3n) is 6.76. The fourth-order valence-electron chi connectivity index (χ4n) is 4.78. The molecule has 1 saturated carbocycles. The maximum atomic E-state index is 13.1. The lowest BCUT2D eigenvalue weighted by atomic mass is 9.97. The van der Waals surface area contributed by atoms with Crippen molar-refractivity contribution >= 4 is 45.2 Å². The van der Waals surface area contributed by atoms with Gasteiger partial charge in [0.15, 0.2) is 0 Å².